The SMILES string of the molecule is CC[C@H]1O[C@@H](OC(C)(C)C)CC1O. The molecule has 0 saturated carbocycles. The van der Waals surface area contributed by atoms with Gasteiger partial charge in [0.25, 0.3) is 0 Å². The summed E-state index contributed by atoms with van der Waals surface area (Å²) in [6.07, 6.45) is 0.783. The Morgan fingerprint density at radius 2 is 2.08 bits per heavy atom. The summed E-state index contributed by atoms with van der Waals surface area (Å²) < 4.78 is 11.1. The Morgan fingerprint density at radius 1 is 1.46 bits per heavy atom. The van der Waals surface area contributed by atoms with E-state index in [0.29, 0.717) is 6.42 Å². The van der Waals surface area contributed by atoms with Crippen molar-refractivity contribution in [3.05, 3.63) is 0 Å². The van der Waals surface area contributed by atoms with Crippen molar-refractivity contribution in [2.75, 3.05) is 0 Å². The molecule has 1 fully saturated rings. The molecule has 3 heteroatoms. The standard InChI is InChI=1S/C10H20O3/c1-5-8-7(11)6-9(12-8)13-10(2,3)4/h7-9,11H,5-6H2,1-4H3/t7?,8-,9+/m1/s1. The van der Waals surface area contributed by atoms with Gasteiger partial charge in [0, 0.05) is 6.42 Å². The summed E-state index contributed by atoms with van der Waals surface area (Å²) >= 11 is 0. The Balaban J connectivity index is 2.40. The van der Waals surface area contributed by atoms with E-state index in [0.717, 1.165) is 6.42 Å². The van der Waals surface area contributed by atoms with Crippen LogP contribution in [0.5, 0.6) is 0 Å². The van der Waals surface area contributed by atoms with Crippen molar-refractivity contribution in [2.24, 2.45) is 0 Å². The Hall–Kier alpha value is -0.120. The topological polar surface area (TPSA) is 38.7 Å². The average Bonchev–Trinajstić information content (AvgIpc) is 2.26. The van der Waals surface area contributed by atoms with E-state index in [-0.39, 0.29) is 24.1 Å². The number of hydrogen-bond donors (Lipinski definition) is 1. The lowest BCUT2D eigenvalue weighted by molar-refractivity contribution is -0.187. The molecule has 0 aliphatic carbocycles. The van der Waals surface area contributed by atoms with Crippen molar-refractivity contribution >= 4 is 0 Å². The first-order valence-electron chi connectivity index (χ1n) is 4.93. The molecule has 1 heterocycles. The molecule has 0 amide bonds. The largest absolute Gasteiger partial charge is 0.390 e. The van der Waals surface area contributed by atoms with Gasteiger partial charge in [0.1, 0.15) is 0 Å². The summed E-state index contributed by atoms with van der Waals surface area (Å²) in [7, 11) is 0. The molecule has 0 bridgehead atoms. The first-order chi connectivity index (χ1) is 5.92. The maximum atomic E-state index is 9.55. The van der Waals surface area contributed by atoms with E-state index in [4.69, 9.17) is 9.47 Å². The lowest BCUT2D eigenvalue weighted by atomic mass is 10.1. The van der Waals surface area contributed by atoms with Crippen molar-refractivity contribution < 1.29 is 14.6 Å². The summed E-state index contributed by atoms with van der Waals surface area (Å²) in [5, 5.41) is 9.55. The highest BCUT2D eigenvalue weighted by Gasteiger charge is 2.35. The summed E-state index contributed by atoms with van der Waals surface area (Å²) in [6.45, 7) is 7.97. The first-order valence-corrected chi connectivity index (χ1v) is 4.93. The molecule has 13 heavy (non-hydrogen) atoms. The summed E-state index contributed by atoms with van der Waals surface area (Å²) in [5.74, 6) is 0. The van der Waals surface area contributed by atoms with Crippen molar-refractivity contribution in [1.29, 1.82) is 0 Å². The third kappa shape index (κ3) is 3.25. The molecule has 0 aromatic carbocycles. The van der Waals surface area contributed by atoms with Crippen LogP contribution < -0.4 is 0 Å². The van der Waals surface area contributed by atoms with Crippen LogP contribution in [0, 0.1) is 0 Å². The lowest BCUT2D eigenvalue weighted by Crippen LogP contribution is -2.27. The van der Waals surface area contributed by atoms with Crippen molar-refractivity contribution in [3.8, 4) is 0 Å². The van der Waals surface area contributed by atoms with E-state index in [9.17, 15) is 5.11 Å². The molecule has 1 aliphatic heterocycles. The number of hydrogen-bond acceptors (Lipinski definition) is 3. The molecular formula is C10H20O3. The van der Waals surface area contributed by atoms with Gasteiger partial charge < -0.3 is 14.6 Å². The molecule has 1 aliphatic rings. The van der Waals surface area contributed by atoms with E-state index in [2.05, 4.69) is 0 Å². The zero-order valence-electron chi connectivity index (χ0n) is 8.91. The summed E-state index contributed by atoms with van der Waals surface area (Å²) in [4.78, 5) is 0. The van der Waals surface area contributed by atoms with Gasteiger partial charge >= 0.3 is 0 Å². The number of rotatable bonds is 2. The quantitative estimate of drug-likeness (QED) is 0.716. The van der Waals surface area contributed by atoms with Crippen LogP contribution in [-0.2, 0) is 9.47 Å². The highest BCUT2D eigenvalue weighted by atomic mass is 16.7. The molecule has 1 saturated heterocycles. The van der Waals surface area contributed by atoms with Crippen LogP contribution in [0.25, 0.3) is 0 Å². The Labute approximate surface area is 80.0 Å². The first kappa shape index (κ1) is 11.0. The number of aliphatic hydroxyl groups excluding tert-OH is 1. The van der Waals surface area contributed by atoms with Gasteiger partial charge in [0.15, 0.2) is 6.29 Å². The number of ether oxygens (including phenoxy) is 2. The smallest absolute Gasteiger partial charge is 0.161 e. The van der Waals surface area contributed by atoms with Crippen LogP contribution in [-0.4, -0.2) is 29.2 Å². The van der Waals surface area contributed by atoms with Crippen LogP contribution in [0.3, 0.4) is 0 Å². The van der Waals surface area contributed by atoms with Gasteiger partial charge in [0.2, 0.25) is 0 Å². The minimum Gasteiger partial charge on any atom is -0.390 e. The second kappa shape index (κ2) is 3.95. The van der Waals surface area contributed by atoms with E-state index in [1.807, 2.05) is 27.7 Å². The fourth-order valence-electron chi connectivity index (χ4n) is 1.53. The molecule has 0 aromatic rings. The predicted octanol–water partition coefficient (Wildman–Crippen LogP) is 1.69. The highest BCUT2D eigenvalue weighted by Crippen LogP contribution is 2.26. The van der Waals surface area contributed by atoms with Gasteiger partial charge in [-0.3, -0.25) is 0 Å². The minimum absolute atomic E-state index is 0.0488. The average molecular weight is 188 g/mol. The second-order valence-corrected chi connectivity index (χ2v) is 4.55. The zero-order chi connectivity index (χ0) is 10.1. The van der Waals surface area contributed by atoms with Gasteiger partial charge in [-0.1, -0.05) is 6.92 Å². The molecule has 0 aromatic heterocycles. The maximum Gasteiger partial charge on any atom is 0.161 e. The van der Waals surface area contributed by atoms with E-state index < -0.39 is 0 Å². The van der Waals surface area contributed by atoms with E-state index in [1.54, 1.807) is 0 Å². The fourth-order valence-corrected chi connectivity index (χ4v) is 1.53. The molecule has 78 valence electrons. The molecule has 0 spiro atoms. The second-order valence-electron chi connectivity index (χ2n) is 4.55. The highest BCUT2D eigenvalue weighted by molar-refractivity contribution is 4.78. The van der Waals surface area contributed by atoms with Crippen LogP contribution in [0.2, 0.25) is 0 Å². The van der Waals surface area contributed by atoms with Gasteiger partial charge in [-0.05, 0) is 27.2 Å². The molecule has 0 radical (unpaired) electrons. The minimum atomic E-state index is -0.364. The van der Waals surface area contributed by atoms with Gasteiger partial charge in [0.05, 0.1) is 17.8 Å². The molecule has 1 N–H and O–H groups in total. The monoisotopic (exact) mass is 188 g/mol. The summed E-state index contributed by atoms with van der Waals surface area (Å²) in [6, 6.07) is 0. The fraction of sp³-hybridized carbons (Fsp3) is 1.00. The van der Waals surface area contributed by atoms with Crippen molar-refractivity contribution in [3.63, 3.8) is 0 Å². The lowest BCUT2D eigenvalue weighted by Gasteiger charge is -2.24. The molecular weight excluding hydrogens is 168 g/mol. The molecule has 1 rings (SSSR count). The van der Waals surface area contributed by atoms with Crippen molar-refractivity contribution in [2.45, 2.75) is 64.6 Å². The van der Waals surface area contributed by atoms with Gasteiger partial charge in [-0.25, -0.2) is 0 Å². The third-order valence-electron chi connectivity index (χ3n) is 2.08. The Morgan fingerprint density at radius 3 is 2.46 bits per heavy atom. The maximum absolute atomic E-state index is 9.55. The molecule has 3 atom stereocenters. The predicted molar refractivity (Wildman–Crippen MR) is 50.4 cm³/mol. The summed E-state index contributed by atoms with van der Waals surface area (Å²) in [5.41, 5.74) is -0.201. The Bertz CT molecular complexity index is 162. The van der Waals surface area contributed by atoms with Crippen LogP contribution in [0.4, 0.5) is 0 Å². The normalized spacial score (nSPS) is 35.3. The van der Waals surface area contributed by atoms with E-state index >= 15 is 0 Å². The van der Waals surface area contributed by atoms with Gasteiger partial charge in [-0.15, -0.1) is 0 Å². The van der Waals surface area contributed by atoms with E-state index in [1.165, 1.54) is 0 Å². The third-order valence-corrected chi connectivity index (χ3v) is 2.08. The number of aliphatic hydroxyl groups is 1. The van der Waals surface area contributed by atoms with Gasteiger partial charge in [-0.2, -0.15) is 0 Å². The van der Waals surface area contributed by atoms with Crippen molar-refractivity contribution in [1.82, 2.24) is 0 Å². The van der Waals surface area contributed by atoms with Crippen LogP contribution in [0.1, 0.15) is 40.5 Å². The Kier molecular flexibility index (Phi) is 3.33. The van der Waals surface area contributed by atoms with Crippen LogP contribution >= 0.6 is 0 Å². The zero-order valence-corrected chi connectivity index (χ0v) is 8.91. The molecule has 3 nitrogen and oxygen atoms in total. The molecule has 1 unspecified atom stereocenters. The van der Waals surface area contributed by atoms with Crippen LogP contribution in [0.15, 0.2) is 0 Å².